The molecule has 0 bridgehead atoms. The largest absolute Gasteiger partial charge is 0.492 e. The van der Waals surface area contributed by atoms with E-state index in [2.05, 4.69) is 4.98 Å². The smallest absolute Gasteiger partial charge is 0.268 e. The third kappa shape index (κ3) is 2.70. The lowest BCUT2D eigenvalue weighted by Gasteiger charge is -2.24. The summed E-state index contributed by atoms with van der Waals surface area (Å²) in [5, 5.41) is 12.7. The molecule has 1 amide bonds. The fourth-order valence-electron chi connectivity index (χ4n) is 4.41. The molecule has 0 saturated heterocycles. The van der Waals surface area contributed by atoms with Crippen molar-refractivity contribution in [1.29, 1.82) is 0 Å². The van der Waals surface area contributed by atoms with E-state index in [0.29, 0.717) is 30.0 Å². The van der Waals surface area contributed by atoms with E-state index in [9.17, 15) is 9.90 Å². The lowest BCUT2D eigenvalue weighted by atomic mass is 9.85. The molecule has 2 heterocycles. The van der Waals surface area contributed by atoms with Crippen LogP contribution in [0.5, 0.6) is 5.75 Å². The van der Waals surface area contributed by atoms with E-state index in [1.54, 1.807) is 4.90 Å². The van der Waals surface area contributed by atoms with E-state index in [-0.39, 0.29) is 5.91 Å². The summed E-state index contributed by atoms with van der Waals surface area (Å²) in [7, 11) is 0. The minimum Gasteiger partial charge on any atom is -0.492 e. The number of nitrogens with one attached hydrogen (secondary N) is 1. The first-order valence-corrected chi connectivity index (χ1v) is 10.00. The highest BCUT2D eigenvalue weighted by atomic mass is 16.5. The normalized spacial score (nSPS) is 18.1. The SMILES string of the molecule is Cc1[nH]c2ccccc2c1[C@]1(O)C(=O)N(CCOc2ccccc2)c2ccccc21. The number of amides is 1. The lowest BCUT2D eigenvalue weighted by molar-refractivity contribution is -0.132. The molecule has 1 atom stereocenters. The molecule has 30 heavy (non-hydrogen) atoms. The number of benzene rings is 3. The van der Waals surface area contributed by atoms with Crippen LogP contribution in [-0.2, 0) is 10.4 Å². The molecule has 150 valence electrons. The summed E-state index contributed by atoms with van der Waals surface area (Å²) in [6, 6.07) is 24.7. The van der Waals surface area contributed by atoms with E-state index in [1.165, 1.54) is 0 Å². The Morgan fingerprint density at radius 1 is 0.967 bits per heavy atom. The lowest BCUT2D eigenvalue weighted by Crippen LogP contribution is -2.43. The van der Waals surface area contributed by atoms with Crippen LogP contribution in [0, 0.1) is 6.92 Å². The molecule has 0 unspecified atom stereocenters. The number of anilines is 1. The van der Waals surface area contributed by atoms with Crippen molar-refractivity contribution in [3.63, 3.8) is 0 Å². The molecule has 5 heteroatoms. The van der Waals surface area contributed by atoms with Crippen molar-refractivity contribution < 1.29 is 14.6 Å². The van der Waals surface area contributed by atoms with Crippen LogP contribution in [0.1, 0.15) is 16.8 Å². The van der Waals surface area contributed by atoms with Gasteiger partial charge in [-0.05, 0) is 31.2 Å². The predicted octanol–water partition coefficient (Wildman–Crippen LogP) is 4.14. The van der Waals surface area contributed by atoms with Crippen molar-refractivity contribution >= 4 is 22.5 Å². The van der Waals surface area contributed by atoms with Gasteiger partial charge in [0.05, 0.1) is 12.2 Å². The maximum atomic E-state index is 13.6. The van der Waals surface area contributed by atoms with Crippen molar-refractivity contribution in [2.75, 3.05) is 18.1 Å². The molecule has 5 rings (SSSR count). The predicted molar refractivity (Wildman–Crippen MR) is 117 cm³/mol. The summed E-state index contributed by atoms with van der Waals surface area (Å²) in [6.45, 7) is 2.56. The summed E-state index contributed by atoms with van der Waals surface area (Å²) in [5.74, 6) is 0.397. The summed E-state index contributed by atoms with van der Waals surface area (Å²) in [4.78, 5) is 18.6. The van der Waals surface area contributed by atoms with Gasteiger partial charge in [-0.25, -0.2) is 0 Å². The van der Waals surface area contributed by atoms with Gasteiger partial charge < -0.3 is 19.7 Å². The van der Waals surface area contributed by atoms with Crippen LogP contribution >= 0.6 is 0 Å². The Bertz CT molecular complexity index is 1230. The number of ether oxygens (including phenoxy) is 1. The van der Waals surface area contributed by atoms with Crippen molar-refractivity contribution in [2.24, 2.45) is 0 Å². The number of aryl methyl sites for hydroxylation is 1. The van der Waals surface area contributed by atoms with Crippen molar-refractivity contribution in [1.82, 2.24) is 4.98 Å². The van der Waals surface area contributed by atoms with Crippen LogP contribution in [0.2, 0.25) is 0 Å². The Morgan fingerprint density at radius 2 is 1.67 bits per heavy atom. The van der Waals surface area contributed by atoms with Gasteiger partial charge in [-0.3, -0.25) is 4.79 Å². The van der Waals surface area contributed by atoms with Crippen LogP contribution in [0.3, 0.4) is 0 Å². The number of para-hydroxylation sites is 3. The van der Waals surface area contributed by atoms with Gasteiger partial charge in [-0.15, -0.1) is 0 Å². The Hall–Kier alpha value is -3.57. The highest BCUT2D eigenvalue weighted by Gasteiger charge is 2.52. The van der Waals surface area contributed by atoms with Crippen LogP contribution in [-0.4, -0.2) is 29.1 Å². The molecule has 5 nitrogen and oxygen atoms in total. The maximum absolute atomic E-state index is 13.6. The Labute approximate surface area is 174 Å². The van der Waals surface area contributed by atoms with Crippen LogP contribution < -0.4 is 9.64 Å². The zero-order valence-corrected chi connectivity index (χ0v) is 16.6. The number of carbonyl (C=O) groups excluding carboxylic acids is 1. The van der Waals surface area contributed by atoms with E-state index in [4.69, 9.17) is 4.74 Å². The second-order valence-electron chi connectivity index (χ2n) is 7.52. The van der Waals surface area contributed by atoms with Crippen molar-refractivity contribution in [3.05, 3.63) is 95.7 Å². The number of H-pyrrole nitrogens is 1. The van der Waals surface area contributed by atoms with Crippen molar-refractivity contribution in [3.8, 4) is 5.75 Å². The molecule has 1 aliphatic heterocycles. The average Bonchev–Trinajstić information content (AvgIpc) is 3.22. The van der Waals surface area contributed by atoms with Gasteiger partial charge in [0.2, 0.25) is 0 Å². The Balaban J connectivity index is 1.54. The van der Waals surface area contributed by atoms with E-state index < -0.39 is 5.60 Å². The number of nitrogens with zero attached hydrogens (tertiary/aromatic N) is 1. The number of carbonyl (C=O) groups is 1. The topological polar surface area (TPSA) is 65.6 Å². The minimum atomic E-state index is -1.74. The molecular formula is C25H22N2O3. The fraction of sp³-hybridized carbons (Fsp3) is 0.160. The minimum absolute atomic E-state index is 0.326. The summed E-state index contributed by atoms with van der Waals surface area (Å²) >= 11 is 0. The summed E-state index contributed by atoms with van der Waals surface area (Å²) in [5.41, 5.74) is 1.86. The molecule has 1 aromatic heterocycles. The van der Waals surface area contributed by atoms with Gasteiger partial charge in [0.1, 0.15) is 12.4 Å². The molecule has 0 radical (unpaired) electrons. The van der Waals surface area contributed by atoms with Gasteiger partial charge in [0, 0.05) is 27.7 Å². The number of fused-ring (bicyclic) bond motifs is 2. The first-order chi connectivity index (χ1) is 14.6. The highest BCUT2D eigenvalue weighted by molar-refractivity contribution is 6.11. The summed E-state index contributed by atoms with van der Waals surface area (Å²) < 4.78 is 5.80. The highest BCUT2D eigenvalue weighted by Crippen LogP contribution is 2.47. The van der Waals surface area contributed by atoms with E-state index >= 15 is 0 Å². The van der Waals surface area contributed by atoms with Crippen LogP contribution in [0.15, 0.2) is 78.9 Å². The average molecular weight is 398 g/mol. The molecular weight excluding hydrogens is 376 g/mol. The summed E-state index contributed by atoms with van der Waals surface area (Å²) in [6.07, 6.45) is 0. The number of hydrogen-bond acceptors (Lipinski definition) is 3. The van der Waals surface area contributed by atoms with Gasteiger partial charge in [0.15, 0.2) is 5.60 Å². The Kier molecular flexibility index (Phi) is 4.33. The standard InChI is InChI=1S/C25H22N2O3/c1-17-23(19-11-5-7-13-21(19)26-17)25(29)20-12-6-8-14-22(20)27(24(25)28)15-16-30-18-9-3-2-4-10-18/h2-14,26,29H,15-16H2,1H3/t25-/m0/s1. The van der Waals surface area contributed by atoms with Gasteiger partial charge >= 0.3 is 0 Å². The number of rotatable bonds is 5. The third-order valence-electron chi connectivity index (χ3n) is 5.72. The molecule has 1 aliphatic rings. The van der Waals surface area contributed by atoms with Gasteiger partial charge in [-0.2, -0.15) is 0 Å². The van der Waals surface area contributed by atoms with Crippen LogP contribution in [0.4, 0.5) is 5.69 Å². The van der Waals surface area contributed by atoms with Crippen LogP contribution in [0.25, 0.3) is 10.9 Å². The number of aromatic nitrogens is 1. The second-order valence-corrected chi connectivity index (χ2v) is 7.52. The first-order valence-electron chi connectivity index (χ1n) is 10.00. The number of hydrogen-bond donors (Lipinski definition) is 2. The second kappa shape index (κ2) is 7.04. The molecule has 0 fully saturated rings. The zero-order valence-electron chi connectivity index (χ0n) is 16.6. The quantitative estimate of drug-likeness (QED) is 0.531. The maximum Gasteiger partial charge on any atom is 0.268 e. The molecule has 0 saturated carbocycles. The number of aliphatic hydroxyl groups is 1. The number of aromatic amines is 1. The fourth-order valence-corrected chi connectivity index (χ4v) is 4.41. The van der Waals surface area contributed by atoms with E-state index in [1.807, 2.05) is 85.8 Å². The molecule has 3 aromatic carbocycles. The van der Waals surface area contributed by atoms with Crippen molar-refractivity contribution in [2.45, 2.75) is 12.5 Å². The first kappa shape index (κ1) is 18.5. The van der Waals surface area contributed by atoms with Gasteiger partial charge in [-0.1, -0.05) is 54.6 Å². The molecule has 0 aliphatic carbocycles. The molecule has 2 N–H and O–H groups in total. The Morgan fingerprint density at radius 3 is 2.50 bits per heavy atom. The monoisotopic (exact) mass is 398 g/mol. The third-order valence-corrected chi connectivity index (χ3v) is 5.72. The van der Waals surface area contributed by atoms with E-state index in [0.717, 1.165) is 22.3 Å². The zero-order chi connectivity index (χ0) is 20.7. The molecule has 0 spiro atoms. The molecule has 4 aromatic rings. The van der Waals surface area contributed by atoms with Gasteiger partial charge in [0.25, 0.3) is 5.91 Å².